The number of likely N-dealkylation sites (tertiary alicyclic amines) is 1. The number of amides is 1. The Balaban J connectivity index is 1.84. The van der Waals surface area contributed by atoms with Crippen molar-refractivity contribution in [3.05, 3.63) is 29.3 Å². The van der Waals surface area contributed by atoms with Gasteiger partial charge >= 0.3 is 0 Å². The first-order valence-electron chi connectivity index (χ1n) is 8.01. The molecule has 0 aliphatic carbocycles. The highest BCUT2D eigenvalue weighted by Gasteiger charge is 2.28. The molecule has 2 rings (SSSR count). The highest BCUT2D eigenvalue weighted by atomic mass is 35.5. The maximum atomic E-state index is 12.5. The van der Waals surface area contributed by atoms with Gasteiger partial charge in [0.15, 0.2) is 6.10 Å². The smallest absolute Gasteiger partial charge is 0.263 e. The summed E-state index contributed by atoms with van der Waals surface area (Å²) in [6.07, 6.45) is 0.618. The number of hydrogen-bond acceptors (Lipinski definition) is 4. The fraction of sp³-hybridized carbons (Fsp3) is 0.562. The van der Waals surface area contributed by atoms with Gasteiger partial charge in [0.2, 0.25) is 10.0 Å². The third-order valence-corrected chi connectivity index (χ3v) is 5.71. The Morgan fingerprint density at radius 3 is 2.46 bits per heavy atom. The van der Waals surface area contributed by atoms with Crippen LogP contribution in [0.2, 0.25) is 5.02 Å². The van der Waals surface area contributed by atoms with Crippen molar-refractivity contribution in [1.82, 2.24) is 9.62 Å². The van der Waals surface area contributed by atoms with E-state index >= 15 is 0 Å². The lowest BCUT2D eigenvalue weighted by Crippen LogP contribution is -2.49. The van der Waals surface area contributed by atoms with Crippen LogP contribution < -0.4 is 9.46 Å². The summed E-state index contributed by atoms with van der Waals surface area (Å²) in [5.41, 5.74) is 0. The van der Waals surface area contributed by atoms with Crippen molar-refractivity contribution in [2.75, 3.05) is 18.8 Å². The average molecular weight is 375 g/mol. The van der Waals surface area contributed by atoms with Crippen LogP contribution in [0.15, 0.2) is 24.3 Å². The molecule has 8 heteroatoms. The Hall–Kier alpha value is -1.31. The Morgan fingerprint density at radius 1 is 1.33 bits per heavy atom. The van der Waals surface area contributed by atoms with E-state index in [4.69, 9.17) is 16.3 Å². The van der Waals surface area contributed by atoms with Crippen LogP contribution in [0.4, 0.5) is 0 Å². The summed E-state index contributed by atoms with van der Waals surface area (Å²) in [4.78, 5) is 14.2. The molecule has 1 fully saturated rings. The third-order valence-electron chi connectivity index (χ3n) is 4.01. The van der Waals surface area contributed by atoms with Crippen molar-refractivity contribution >= 4 is 27.5 Å². The van der Waals surface area contributed by atoms with E-state index in [0.717, 1.165) is 0 Å². The van der Waals surface area contributed by atoms with Gasteiger partial charge in [-0.2, -0.15) is 0 Å². The molecule has 1 aromatic carbocycles. The standard InChI is InChI=1S/C16H23ClN2O4S/c1-3-24(21,22)18-14-8-10-19(11-9-14)16(20)12(2)23-15-6-4-13(17)5-7-15/h4-7,12,14,18H,3,8-11H2,1-2H3. The first-order chi connectivity index (χ1) is 11.3. The topological polar surface area (TPSA) is 75.7 Å². The molecule has 1 aromatic rings. The van der Waals surface area contributed by atoms with Gasteiger partial charge in [0.25, 0.3) is 5.91 Å². The van der Waals surface area contributed by atoms with Crippen LogP contribution in [0.25, 0.3) is 0 Å². The molecule has 1 unspecified atom stereocenters. The first-order valence-corrected chi connectivity index (χ1v) is 10.0. The van der Waals surface area contributed by atoms with Crippen LogP contribution in [0, 0.1) is 0 Å². The van der Waals surface area contributed by atoms with Gasteiger partial charge in [-0.3, -0.25) is 4.79 Å². The SMILES string of the molecule is CCS(=O)(=O)NC1CCN(C(=O)C(C)Oc2ccc(Cl)cc2)CC1. The quantitative estimate of drug-likeness (QED) is 0.826. The number of nitrogens with one attached hydrogen (secondary N) is 1. The number of sulfonamides is 1. The van der Waals surface area contributed by atoms with Gasteiger partial charge in [0.05, 0.1) is 5.75 Å². The third kappa shape index (κ3) is 5.36. The molecule has 0 bridgehead atoms. The minimum Gasteiger partial charge on any atom is -0.481 e. The highest BCUT2D eigenvalue weighted by Crippen LogP contribution is 2.18. The molecule has 1 heterocycles. The molecule has 0 saturated carbocycles. The molecule has 1 saturated heterocycles. The molecule has 0 aromatic heterocycles. The number of piperidine rings is 1. The predicted molar refractivity (Wildman–Crippen MR) is 93.7 cm³/mol. The lowest BCUT2D eigenvalue weighted by Gasteiger charge is -2.33. The summed E-state index contributed by atoms with van der Waals surface area (Å²) in [5, 5.41) is 0.609. The Bertz CT molecular complexity index is 655. The van der Waals surface area contributed by atoms with Gasteiger partial charge in [0.1, 0.15) is 5.75 Å². The second-order valence-corrected chi connectivity index (χ2v) is 8.31. The fourth-order valence-corrected chi connectivity index (χ4v) is 3.62. The van der Waals surface area contributed by atoms with Crippen LogP contribution in [0.1, 0.15) is 26.7 Å². The van der Waals surface area contributed by atoms with Gasteiger partial charge < -0.3 is 9.64 Å². The van der Waals surface area contributed by atoms with Crippen molar-refractivity contribution in [1.29, 1.82) is 0 Å². The average Bonchev–Trinajstić information content (AvgIpc) is 2.56. The van der Waals surface area contributed by atoms with Gasteiger partial charge in [-0.25, -0.2) is 13.1 Å². The van der Waals surface area contributed by atoms with Crippen LogP contribution >= 0.6 is 11.6 Å². The van der Waals surface area contributed by atoms with Crippen molar-refractivity contribution in [3.8, 4) is 5.75 Å². The maximum Gasteiger partial charge on any atom is 0.263 e. The Morgan fingerprint density at radius 2 is 1.92 bits per heavy atom. The van der Waals surface area contributed by atoms with Crippen molar-refractivity contribution in [2.45, 2.75) is 38.8 Å². The summed E-state index contributed by atoms with van der Waals surface area (Å²) in [6.45, 7) is 4.35. The van der Waals surface area contributed by atoms with E-state index in [-0.39, 0.29) is 17.7 Å². The van der Waals surface area contributed by atoms with Gasteiger partial charge in [-0.05, 0) is 51.0 Å². The number of nitrogens with zero attached hydrogens (tertiary/aromatic N) is 1. The number of hydrogen-bond donors (Lipinski definition) is 1. The summed E-state index contributed by atoms with van der Waals surface area (Å²) in [7, 11) is -3.21. The number of benzene rings is 1. The zero-order valence-corrected chi connectivity index (χ0v) is 15.4. The van der Waals surface area contributed by atoms with Crippen LogP contribution in [-0.2, 0) is 14.8 Å². The molecular weight excluding hydrogens is 352 g/mol. The lowest BCUT2D eigenvalue weighted by molar-refractivity contribution is -0.139. The molecule has 0 spiro atoms. The molecule has 134 valence electrons. The van der Waals surface area contributed by atoms with E-state index in [1.165, 1.54) is 0 Å². The lowest BCUT2D eigenvalue weighted by atomic mass is 10.1. The Labute approximate surface area is 148 Å². The first kappa shape index (κ1) is 19.0. The molecule has 6 nitrogen and oxygen atoms in total. The molecule has 1 aliphatic rings. The molecular formula is C16H23ClN2O4S. The van der Waals surface area contributed by atoms with Gasteiger partial charge in [0, 0.05) is 24.2 Å². The summed E-state index contributed by atoms with van der Waals surface area (Å²) >= 11 is 5.82. The van der Waals surface area contributed by atoms with Gasteiger partial charge in [-0.15, -0.1) is 0 Å². The van der Waals surface area contributed by atoms with Crippen molar-refractivity contribution < 1.29 is 17.9 Å². The summed E-state index contributed by atoms with van der Waals surface area (Å²) in [6, 6.07) is 6.75. The second-order valence-electron chi connectivity index (χ2n) is 5.83. The fourth-order valence-electron chi connectivity index (χ4n) is 2.58. The molecule has 1 atom stereocenters. The van der Waals surface area contributed by atoms with Crippen molar-refractivity contribution in [2.24, 2.45) is 0 Å². The molecule has 0 radical (unpaired) electrons. The van der Waals surface area contributed by atoms with Crippen LogP contribution in [0.5, 0.6) is 5.75 Å². The second kappa shape index (κ2) is 8.18. The van der Waals surface area contributed by atoms with E-state index < -0.39 is 16.1 Å². The van der Waals surface area contributed by atoms with E-state index in [0.29, 0.717) is 36.7 Å². The number of halogens is 1. The largest absolute Gasteiger partial charge is 0.481 e. The van der Waals surface area contributed by atoms with E-state index in [9.17, 15) is 13.2 Å². The molecule has 1 N–H and O–H groups in total. The highest BCUT2D eigenvalue weighted by molar-refractivity contribution is 7.89. The number of carbonyl (C=O) groups is 1. The zero-order valence-electron chi connectivity index (χ0n) is 13.9. The van der Waals surface area contributed by atoms with Crippen LogP contribution in [-0.4, -0.2) is 50.2 Å². The normalized spacial score (nSPS) is 17.5. The van der Waals surface area contributed by atoms with E-state index in [1.54, 1.807) is 43.0 Å². The zero-order chi connectivity index (χ0) is 17.7. The Kier molecular flexibility index (Phi) is 6.48. The number of carbonyl (C=O) groups excluding carboxylic acids is 1. The minimum absolute atomic E-state index is 0.0676. The minimum atomic E-state index is -3.21. The van der Waals surface area contributed by atoms with E-state index in [1.807, 2.05) is 0 Å². The van der Waals surface area contributed by atoms with Crippen LogP contribution in [0.3, 0.4) is 0 Å². The molecule has 1 aliphatic heterocycles. The van der Waals surface area contributed by atoms with E-state index in [2.05, 4.69) is 4.72 Å². The summed E-state index contributed by atoms with van der Waals surface area (Å²) in [5.74, 6) is 0.561. The summed E-state index contributed by atoms with van der Waals surface area (Å²) < 4.78 is 31.5. The maximum absolute atomic E-state index is 12.5. The monoisotopic (exact) mass is 374 g/mol. The molecule has 1 amide bonds. The number of ether oxygens (including phenoxy) is 1. The van der Waals surface area contributed by atoms with Crippen molar-refractivity contribution in [3.63, 3.8) is 0 Å². The van der Waals surface area contributed by atoms with Gasteiger partial charge in [-0.1, -0.05) is 11.6 Å². The predicted octanol–water partition coefficient (Wildman–Crippen LogP) is 2.04. The molecule has 24 heavy (non-hydrogen) atoms. The number of rotatable bonds is 6.